The Morgan fingerprint density at radius 2 is 1.93 bits per heavy atom. The lowest BCUT2D eigenvalue weighted by atomic mass is 10.1. The summed E-state index contributed by atoms with van der Waals surface area (Å²) >= 11 is 0. The molecule has 0 bridgehead atoms. The molecule has 0 spiro atoms. The van der Waals surface area contributed by atoms with Gasteiger partial charge in [0.15, 0.2) is 5.76 Å². The topological polar surface area (TPSA) is 69.6 Å². The number of nitrogens with one attached hydrogen (secondary N) is 1. The van der Waals surface area contributed by atoms with Crippen molar-refractivity contribution in [3.8, 4) is 5.75 Å². The average molecular weight is 193 g/mol. The van der Waals surface area contributed by atoms with E-state index in [9.17, 15) is 9.90 Å². The summed E-state index contributed by atoms with van der Waals surface area (Å²) in [5.74, 6) is -0.767. The van der Waals surface area contributed by atoms with Crippen LogP contribution in [0.3, 0.4) is 0 Å². The smallest absolute Gasteiger partial charge is 0.228 e. The molecule has 4 heteroatoms. The number of benzene rings is 1. The number of carbonyl (C=O) groups excluding carboxylic acids is 1. The van der Waals surface area contributed by atoms with Crippen LogP contribution in [0.2, 0.25) is 0 Å². The molecule has 4 nitrogen and oxygen atoms in total. The van der Waals surface area contributed by atoms with Crippen LogP contribution in [-0.2, 0) is 0 Å². The Morgan fingerprint density at radius 1 is 1.36 bits per heavy atom. The van der Waals surface area contributed by atoms with Crippen LogP contribution < -0.4 is 5.32 Å². The maximum atomic E-state index is 11.4. The SMILES string of the molecule is CN/C=C(\O)C(=O)c1ccc(O)cc1. The maximum absolute atomic E-state index is 11.4. The molecule has 0 atom stereocenters. The first-order chi connectivity index (χ1) is 6.65. The van der Waals surface area contributed by atoms with Gasteiger partial charge in [0.05, 0.1) is 0 Å². The van der Waals surface area contributed by atoms with Crippen LogP contribution in [0.15, 0.2) is 36.2 Å². The molecule has 0 aliphatic carbocycles. The van der Waals surface area contributed by atoms with Crippen molar-refractivity contribution in [2.24, 2.45) is 0 Å². The second-order valence-electron chi connectivity index (χ2n) is 2.69. The third-order valence-electron chi connectivity index (χ3n) is 1.64. The number of aliphatic hydroxyl groups excluding tert-OH is 1. The summed E-state index contributed by atoms with van der Waals surface area (Å²) in [5.41, 5.74) is 0.326. The Hall–Kier alpha value is -1.97. The van der Waals surface area contributed by atoms with Crippen molar-refractivity contribution in [1.82, 2.24) is 5.32 Å². The van der Waals surface area contributed by atoms with Crippen LogP contribution in [0.5, 0.6) is 5.75 Å². The minimum atomic E-state index is -0.487. The van der Waals surface area contributed by atoms with Gasteiger partial charge in [0, 0.05) is 18.8 Å². The van der Waals surface area contributed by atoms with E-state index >= 15 is 0 Å². The molecule has 1 aromatic carbocycles. The molecule has 1 aromatic rings. The van der Waals surface area contributed by atoms with E-state index in [-0.39, 0.29) is 11.5 Å². The number of Topliss-reactive ketones (excluding diaryl/α,β-unsaturated/α-hetero) is 1. The highest BCUT2D eigenvalue weighted by Gasteiger charge is 2.09. The van der Waals surface area contributed by atoms with Gasteiger partial charge in [0.2, 0.25) is 5.78 Å². The van der Waals surface area contributed by atoms with Crippen LogP contribution in [0.25, 0.3) is 0 Å². The van der Waals surface area contributed by atoms with Gasteiger partial charge in [-0.1, -0.05) is 0 Å². The fourth-order valence-corrected chi connectivity index (χ4v) is 0.963. The third-order valence-corrected chi connectivity index (χ3v) is 1.64. The quantitative estimate of drug-likeness (QED) is 0.383. The van der Waals surface area contributed by atoms with Crippen molar-refractivity contribution in [3.63, 3.8) is 0 Å². The number of ketones is 1. The number of allylic oxidation sites excluding steroid dienone is 1. The third kappa shape index (κ3) is 2.26. The molecular formula is C10H11NO3. The largest absolute Gasteiger partial charge is 0.508 e. The van der Waals surface area contributed by atoms with E-state index in [1.54, 1.807) is 7.05 Å². The van der Waals surface area contributed by atoms with Crippen molar-refractivity contribution in [1.29, 1.82) is 0 Å². The molecule has 0 radical (unpaired) electrons. The average Bonchev–Trinajstić information content (AvgIpc) is 2.18. The zero-order valence-corrected chi connectivity index (χ0v) is 7.69. The first-order valence-corrected chi connectivity index (χ1v) is 4.05. The molecule has 0 saturated heterocycles. The minimum absolute atomic E-state index is 0.0821. The summed E-state index contributed by atoms with van der Waals surface area (Å²) in [5, 5.41) is 20.8. The summed E-state index contributed by atoms with van der Waals surface area (Å²) in [6, 6.07) is 5.66. The highest BCUT2D eigenvalue weighted by molar-refractivity contribution is 6.06. The van der Waals surface area contributed by atoms with Gasteiger partial charge < -0.3 is 15.5 Å². The Bertz CT molecular complexity index is 354. The van der Waals surface area contributed by atoms with E-state index < -0.39 is 5.78 Å². The summed E-state index contributed by atoms with van der Waals surface area (Å²) in [6.07, 6.45) is 1.20. The van der Waals surface area contributed by atoms with Gasteiger partial charge in [-0.2, -0.15) is 0 Å². The highest BCUT2D eigenvalue weighted by atomic mass is 16.3. The second-order valence-corrected chi connectivity index (χ2v) is 2.69. The molecule has 0 heterocycles. The van der Waals surface area contributed by atoms with Crippen LogP contribution in [0.4, 0.5) is 0 Å². The number of aliphatic hydroxyl groups is 1. The second kappa shape index (κ2) is 4.32. The van der Waals surface area contributed by atoms with Gasteiger partial charge in [-0.05, 0) is 24.3 Å². The van der Waals surface area contributed by atoms with Gasteiger partial charge in [-0.3, -0.25) is 4.79 Å². The van der Waals surface area contributed by atoms with E-state index in [1.807, 2.05) is 0 Å². The Balaban J connectivity index is 2.90. The molecule has 0 aliphatic heterocycles. The summed E-state index contributed by atoms with van der Waals surface area (Å²) < 4.78 is 0. The van der Waals surface area contributed by atoms with E-state index in [2.05, 4.69) is 5.32 Å². The van der Waals surface area contributed by atoms with E-state index in [0.29, 0.717) is 5.56 Å². The summed E-state index contributed by atoms with van der Waals surface area (Å²) in [7, 11) is 1.58. The molecule has 0 fully saturated rings. The molecule has 0 amide bonds. The Labute approximate surface area is 81.5 Å². The molecule has 0 saturated carbocycles. The van der Waals surface area contributed by atoms with Gasteiger partial charge in [-0.15, -0.1) is 0 Å². The lowest BCUT2D eigenvalue weighted by Gasteiger charge is -1.99. The van der Waals surface area contributed by atoms with Crippen LogP contribution >= 0.6 is 0 Å². The zero-order valence-electron chi connectivity index (χ0n) is 7.69. The molecule has 0 aliphatic rings. The predicted molar refractivity (Wildman–Crippen MR) is 52.2 cm³/mol. The molecular weight excluding hydrogens is 182 g/mol. The molecule has 0 unspecified atom stereocenters. The molecule has 14 heavy (non-hydrogen) atoms. The Kier molecular flexibility index (Phi) is 3.12. The summed E-state index contributed by atoms with van der Waals surface area (Å²) in [6.45, 7) is 0. The number of hydrogen-bond acceptors (Lipinski definition) is 4. The van der Waals surface area contributed by atoms with E-state index in [0.717, 1.165) is 0 Å². The van der Waals surface area contributed by atoms with Gasteiger partial charge in [0.1, 0.15) is 5.75 Å². The van der Waals surface area contributed by atoms with Gasteiger partial charge >= 0.3 is 0 Å². The number of hydrogen-bond donors (Lipinski definition) is 3. The minimum Gasteiger partial charge on any atom is -0.508 e. The lowest BCUT2D eigenvalue weighted by molar-refractivity contribution is 0.0976. The molecule has 1 rings (SSSR count). The van der Waals surface area contributed by atoms with Crippen LogP contribution in [-0.4, -0.2) is 23.0 Å². The number of carbonyl (C=O) groups is 1. The molecule has 3 N–H and O–H groups in total. The van der Waals surface area contributed by atoms with Crippen LogP contribution in [0, 0.1) is 0 Å². The van der Waals surface area contributed by atoms with E-state index in [4.69, 9.17) is 5.11 Å². The molecule has 74 valence electrons. The monoisotopic (exact) mass is 193 g/mol. The number of phenolic OH excluding ortho intramolecular Hbond substituents is 1. The predicted octanol–water partition coefficient (Wildman–Crippen LogP) is 1.19. The molecule has 0 aromatic heterocycles. The van der Waals surface area contributed by atoms with Gasteiger partial charge in [-0.25, -0.2) is 0 Å². The first kappa shape index (κ1) is 10.1. The normalized spacial score (nSPS) is 11.1. The van der Waals surface area contributed by atoms with Crippen molar-refractivity contribution < 1.29 is 15.0 Å². The van der Waals surface area contributed by atoms with Crippen molar-refractivity contribution in [2.45, 2.75) is 0 Å². The fraction of sp³-hybridized carbons (Fsp3) is 0.100. The maximum Gasteiger partial charge on any atom is 0.228 e. The standard InChI is InChI=1S/C10H11NO3/c1-11-6-9(13)10(14)7-2-4-8(12)5-3-7/h2-6,11-13H,1H3/b9-6-. The van der Waals surface area contributed by atoms with Crippen LogP contribution in [0.1, 0.15) is 10.4 Å². The lowest BCUT2D eigenvalue weighted by Crippen LogP contribution is -2.06. The van der Waals surface area contributed by atoms with Gasteiger partial charge in [0.25, 0.3) is 0 Å². The number of aromatic hydroxyl groups is 1. The number of phenols is 1. The number of rotatable bonds is 3. The first-order valence-electron chi connectivity index (χ1n) is 4.05. The van der Waals surface area contributed by atoms with Crippen molar-refractivity contribution >= 4 is 5.78 Å². The van der Waals surface area contributed by atoms with E-state index in [1.165, 1.54) is 30.5 Å². The zero-order chi connectivity index (χ0) is 10.6. The highest BCUT2D eigenvalue weighted by Crippen LogP contribution is 2.12. The Morgan fingerprint density at radius 3 is 2.43 bits per heavy atom. The fourth-order valence-electron chi connectivity index (χ4n) is 0.963. The van der Waals surface area contributed by atoms with Crippen molar-refractivity contribution in [2.75, 3.05) is 7.05 Å². The summed E-state index contributed by atoms with van der Waals surface area (Å²) in [4.78, 5) is 11.4. The van der Waals surface area contributed by atoms with Crippen molar-refractivity contribution in [3.05, 3.63) is 41.8 Å².